The number of nitrogens with two attached hydrogens (primary N) is 1. The van der Waals surface area contributed by atoms with Crippen molar-refractivity contribution in [3.8, 4) is 0 Å². The van der Waals surface area contributed by atoms with Crippen LogP contribution >= 0.6 is 0 Å². The minimum atomic E-state index is -1.15. The molecule has 0 atom stereocenters. The van der Waals surface area contributed by atoms with E-state index < -0.39 is 11.9 Å². The Labute approximate surface area is 92.0 Å². The normalized spacial score (nSPS) is 9.81. The van der Waals surface area contributed by atoms with E-state index in [0.29, 0.717) is 12.3 Å². The number of rotatable bonds is 4. The number of carboxylic acids is 1. The van der Waals surface area contributed by atoms with Crippen LogP contribution in [0.15, 0.2) is 12.3 Å². The quantitative estimate of drug-likeness (QED) is 0.720. The molecule has 1 aromatic rings. The molecule has 0 saturated carbocycles. The van der Waals surface area contributed by atoms with E-state index in [0.717, 1.165) is 6.20 Å². The molecule has 0 spiro atoms. The van der Waals surface area contributed by atoms with Gasteiger partial charge >= 0.3 is 11.9 Å². The summed E-state index contributed by atoms with van der Waals surface area (Å²) in [4.78, 5) is 25.6. The highest BCUT2D eigenvalue weighted by atomic mass is 16.5. The SMILES string of the molecule is CCOC(=O)Cc1cc(N)c(C(=O)O)cn1. The van der Waals surface area contributed by atoms with Gasteiger partial charge in [-0.1, -0.05) is 0 Å². The molecule has 1 heterocycles. The highest BCUT2D eigenvalue weighted by Gasteiger charge is 2.11. The van der Waals surface area contributed by atoms with Crippen LogP contribution in [0.1, 0.15) is 23.0 Å². The number of hydrogen-bond acceptors (Lipinski definition) is 5. The number of carbonyl (C=O) groups is 2. The summed E-state index contributed by atoms with van der Waals surface area (Å²) in [5, 5.41) is 8.71. The lowest BCUT2D eigenvalue weighted by molar-refractivity contribution is -0.142. The Morgan fingerprint density at radius 3 is 2.75 bits per heavy atom. The van der Waals surface area contributed by atoms with Crippen LogP contribution < -0.4 is 5.73 Å². The molecule has 0 unspecified atom stereocenters. The van der Waals surface area contributed by atoms with Crippen molar-refractivity contribution in [2.24, 2.45) is 0 Å². The first kappa shape index (κ1) is 12.0. The maximum Gasteiger partial charge on any atom is 0.339 e. The van der Waals surface area contributed by atoms with Gasteiger partial charge in [-0.25, -0.2) is 4.79 Å². The van der Waals surface area contributed by atoms with Gasteiger partial charge in [0.25, 0.3) is 0 Å². The number of aromatic nitrogens is 1. The van der Waals surface area contributed by atoms with E-state index in [1.165, 1.54) is 6.07 Å². The molecule has 0 aromatic carbocycles. The molecule has 3 N–H and O–H groups in total. The van der Waals surface area contributed by atoms with Gasteiger partial charge in [-0.05, 0) is 13.0 Å². The maximum atomic E-state index is 11.1. The average Bonchev–Trinajstić information content (AvgIpc) is 2.17. The topological polar surface area (TPSA) is 103 Å². The molecule has 0 aliphatic carbocycles. The first-order chi connectivity index (χ1) is 7.54. The number of nitrogen functional groups attached to an aromatic ring is 1. The molecule has 1 aromatic heterocycles. The van der Waals surface area contributed by atoms with E-state index in [1.807, 2.05) is 0 Å². The van der Waals surface area contributed by atoms with Crippen molar-refractivity contribution in [3.05, 3.63) is 23.5 Å². The van der Waals surface area contributed by atoms with Gasteiger partial charge in [0.15, 0.2) is 0 Å². The number of hydrogen-bond donors (Lipinski definition) is 2. The number of aromatic carboxylic acids is 1. The van der Waals surface area contributed by atoms with Crippen molar-refractivity contribution in [2.45, 2.75) is 13.3 Å². The van der Waals surface area contributed by atoms with Crippen molar-refractivity contribution in [2.75, 3.05) is 12.3 Å². The Morgan fingerprint density at radius 1 is 1.56 bits per heavy atom. The third-order valence-electron chi connectivity index (χ3n) is 1.85. The molecule has 0 amide bonds. The average molecular weight is 224 g/mol. The second-order valence-electron chi connectivity index (χ2n) is 3.05. The summed E-state index contributed by atoms with van der Waals surface area (Å²) in [6.45, 7) is 1.99. The summed E-state index contributed by atoms with van der Waals surface area (Å²) >= 11 is 0. The highest BCUT2D eigenvalue weighted by Crippen LogP contribution is 2.12. The molecule has 0 bridgehead atoms. The number of carbonyl (C=O) groups excluding carboxylic acids is 1. The fourth-order valence-electron chi connectivity index (χ4n) is 1.15. The molecule has 16 heavy (non-hydrogen) atoms. The smallest absolute Gasteiger partial charge is 0.339 e. The van der Waals surface area contributed by atoms with Crippen molar-refractivity contribution < 1.29 is 19.4 Å². The summed E-state index contributed by atoms with van der Waals surface area (Å²) in [5.74, 6) is -1.56. The molecule has 0 saturated heterocycles. The Kier molecular flexibility index (Phi) is 3.82. The van der Waals surface area contributed by atoms with Crippen molar-refractivity contribution >= 4 is 17.6 Å². The van der Waals surface area contributed by atoms with Gasteiger partial charge in [-0.3, -0.25) is 9.78 Å². The zero-order valence-electron chi connectivity index (χ0n) is 8.77. The van der Waals surface area contributed by atoms with Crippen LogP contribution in [-0.4, -0.2) is 28.6 Å². The predicted molar refractivity (Wildman–Crippen MR) is 55.9 cm³/mol. The molecule has 0 radical (unpaired) electrons. The van der Waals surface area contributed by atoms with Crippen LogP contribution in [0.3, 0.4) is 0 Å². The van der Waals surface area contributed by atoms with E-state index in [4.69, 9.17) is 15.6 Å². The number of esters is 1. The Balaban J connectivity index is 2.81. The summed E-state index contributed by atoms with van der Waals surface area (Å²) in [7, 11) is 0. The molecule has 0 fully saturated rings. The van der Waals surface area contributed by atoms with Crippen molar-refractivity contribution in [3.63, 3.8) is 0 Å². The maximum absolute atomic E-state index is 11.1. The Bertz CT molecular complexity index is 417. The van der Waals surface area contributed by atoms with Crippen molar-refractivity contribution in [1.82, 2.24) is 4.98 Å². The van der Waals surface area contributed by atoms with E-state index in [1.54, 1.807) is 6.92 Å². The molecule has 1 rings (SSSR count). The van der Waals surface area contributed by atoms with Gasteiger partial charge in [0, 0.05) is 11.9 Å². The zero-order chi connectivity index (χ0) is 12.1. The molecule has 6 heteroatoms. The molecular weight excluding hydrogens is 212 g/mol. The molecule has 6 nitrogen and oxygen atoms in total. The summed E-state index contributed by atoms with van der Waals surface area (Å²) in [6, 6.07) is 1.36. The first-order valence-corrected chi connectivity index (χ1v) is 4.68. The largest absolute Gasteiger partial charge is 0.478 e. The minimum Gasteiger partial charge on any atom is -0.478 e. The molecule has 0 aliphatic rings. The second kappa shape index (κ2) is 5.11. The molecular formula is C10H12N2O4. The van der Waals surface area contributed by atoms with E-state index in [-0.39, 0.29) is 17.7 Å². The summed E-state index contributed by atoms with van der Waals surface area (Å²) in [5.41, 5.74) is 5.90. The minimum absolute atomic E-state index is 0.0159. The van der Waals surface area contributed by atoms with Crippen LogP contribution in [-0.2, 0) is 16.0 Å². The summed E-state index contributed by atoms with van der Waals surface area (Å²) in [6.07, 6.45) is 1.12. The van der Waals surface area contributed by atoms with E-state index in [9.17, 15) is 9.59 Å². The van der Waals surface area contributed by atoms with E-state index >= 15 is 0 Å². The van der Waals surface area contributed by atoms with Crippen LogP contribution in [0.25, 0.3) is 0 Å². The van der Waals surface area contributed by atoms with Gasteiger partial charge in [0.2, 0.25) is 0 Å². The number of ether oxygens (including phenoxy) is 1. The Morgan fingerprint density at radius 2 is 2.25 bits per heavy atom. The lowest BCUT2D eigenvalue weighted by Gasteiger charge is -2.04. The van der Waals surface area contributed by atoms with Gasteiger partial charge in [-0.2, -0.15) is 0 Å². The summed E-state index contributed by atoms with van der Waals surface area (Å²) < 4.78 is 4.73. The lowest BCUT2D eigenvalue weighted by Crippen LogP contribution is -2.10. The van der Waals surface area contributed by atoms with E-state index in [2.05, 4.69) is 4.98 Å². The van der Waals surface area contributed by atoms with Gasteiger partial charge < -0.3 is 15.6 Å². The molecule has 86 valence electrons. The molecule has 0 aliphatic heterocycles. The highest BCUT2D eigenvalue weighted by molar-refractivity contribution is 5.93. The fraction of sp³-hybridized carbons (Fsp3) is 0.300. The number of anilines is 1. The van der Waals surface area contributed by atoms with Crippen molar-refractivity contribution in [1.29, 1.82) is 0 Å². The number of carboxylic acid groups (broad SMARTS) is 1. The van der Waals surface area contributed by atoms with Gasteiger partial charge in [0.1, 0.15) is 5.56 Å². The monoisotopic (exact) mass is 224 g/mol. The number of nitrogens with zero attached hydrogens (tertiary/aromatic N) is 1. The fourth-order valence-corrected chi connectivity index (χ4v) is 1.15. The van der Waals surface area contributed by atoms with Gasteiger partial charge in [-0.15, -0.1) is 0 Å². The van der Waals surface area contributed by atoms with Crippen LogP contribution in [0.4, 0.5) is 5.69 Å². The van der Waals surface area contributed by atoms with Crippen LogP contribution in [0.2, 0.25) is 0 Å². The predicted octanol–water partition coefficient (Wildman–Crippen LogP) is 0.468. The third-order valence-corrected chi connectivity index (χ3v) is 1.85. The number of pyridine rings is 1. The van der Waals surface area contributed by atoms with Crippen LogP contribution in [0.5, 0.6) is 0 Å². The van der Waals surface area contributed by atoms with Gasteiger partial charge in [0.05, 0.1) is 18.7 Å². The lowest BCUT2D eigenvalue weighted by atomic mass is 10.2. The third kappa shape index (κ3) is 2.94. The first-order valence-electron chi connectivity index (χ1n) is 4.68. The Hall–Kier alpha value is -2.11. The second-order valence-corrected chi connectivity index (χ2v) is 3.05. The standard InChI is InChI=1S/C10H12N2O4/c1-2-16-9(13)4-6-3-8(11)7(5-12-6)10(14)15/h3,5H,2,4H2,1H3,(H2,11,12)(H,14,15). The van der Waals surface area contributed by atoms with Crippen LogP contribution in [0, 0.1) is 0 Å². The zero-order valence-corrected chi connectivity index (χ0v) is 8.77.